The molecule has 0 spiro atoms. The average molecular weight is 1140 g/mol. The summed E-state index contributed by atoms with van der Waals surface area (Å²) in [5, 5.41) is 160. The second-order valence-electron chi connectivity index (χ2n) is 25.1. The summed E-state index contributed by atoms with van der Waals surface area (Å²) >= 11 is 0. The molecule has 4 heterocycles. The molecule has 15 N–H and O–H groups in total. The van der Waals surface area contributed by atoms with Gasteiger partial charge in [0.1, 0.15) is 97.7 Å². The van der Waals surface area contributed by atoms with E-state index in [1.165, 1.54) is 0 Å². The van der Waals surface area contributed by atoms with Crippen molar-refractivity contribution in [2.45, 2.75) is 222 Å². The molecule has 0 radical (unpaired) electrons. The number of hydrogen-bond donors (Lipinski definition) is 15. The fraction of sp³-hybridized carbons (Fsp3) is 0.889. The van der Waals surface area contributed by atoms with Crippen molar-refractivity contribution in [2.24, 2.45) is 44.8 Å². The Morgan fingerprint density at radius 1 is 0.620 bits per heavy atom. The summed E-state index contributed by atoms with van der Waals surface area (Å²) in [6.07, 6.45) is -29.6. The number of aliphatic hydroxyl groups is 14. The molecule has 0 bridgehead atoms. The zero-order valence-corrected chi connectivity index (χ0v) is 45.5. The van der Waals surface area contributed by atoms with Crippen molar-refractivity contribution in [3.63, 3.8) is 0 Å². The zero-order chi connectivity index (χ0) is 58.1. The van der Waals surface area contributed by atoms with Crippen LogP contribution >= 0.6 is 0 Å². The van der Waals surface area contributed by atoms with Crippen LogP contribution in [0.5, 0.6) is 0 Å². The van der Waals surface area contributed by atoms with Crippen molar-refractivity contribution in [2.75, 3.05) is 33.0 Å². The summed E-state index contributed by atoms with van der Waals surface area (Å²) in [5.74, 6) is -2.54. The number of carboxylic acids is 1. The molecule has 4 aliphatic carbocycles. The van der Waals surface area contributed by atoms with Gasteiger partial charge in [0.05, 0.1) is 31.8 Å². The SMILES string of the molecule is C=C(C(=O)O)[C@@H]1CC[C@]2(C)[C@H](CC=C3[C@@H]4CC(C)(C)CC[C@]4(C(=O)O[C@@H]4O[C@H](CO[C@@H]5O[C@H](CO)[C@@H](O)[C@H](O)[C@H]5O[C@@H]5O[C@H](CO)[C@@H](O)[C@H](O)[C@H]5O)[C@@H](O)[C@H](O[C@@H]5O[C@H](CO)[C@@H](O)[C@H](O)[C@H]5O)[C@H]4O)CC[C@]32C)[C@]1(C)CCCO. The molecule has 452 valence electrons. The van der Waals surface area contributed by atoms with E-state index in [0.29, 0.717) is 64.2 Å². The van der Waals surface area contributed by atoms with Crippen LogP contribution in [0.15, 0.2) is 23.8 Å². The van der Waals surface area contributed by atoms with Gasteiger partial charge in [0, 0.05) is 12.2 Å². The molecule has 27 atom stereocenters. The van der Waals surface area contributed by atoms with Crippen molar-refractivity contribution in [3.8, 4) is 0 Å². The fourth-order valence-electron chi connectivity index (χ4n) is 15.2. The Labute approximate surface area is 458 Å². The highest BCUT2D eigenvalue weighted by atomic mass is 16.8. The summed E-state index contributed by atoms with van der Waals surface area (Å²) in [6, 6.07) is 0. The maximum absolute atomic E-state index is 15.5. The van der Waals surface area contributed by atoms with Crippen LogP contribution in [-0.2, 0) is 47.5 Å². The van der Waals surface area contributed by atoms with Crippen LogP contribution in [0, 0.1) is 44.8 Å². The highest BCUT2D eigenvalue weighted by Crippen LogP contribution is 2.74. The molecular formula is C54H86O25. The summed E-state index contributed by atoms with van der Waals surface area (Å²) in [7, 11) is 0. The first-order valence-electron chi connectivity index (χ1n) is 27.7. The Morgan fingerprint density at radius 2 is 1.15 bits per heavy atom. The molecule has 4 aliphatic heterocycles. The third-order valence-electron chi connectivity index (χ3n) is 20.3. The fourth-order valence-corrected chi connectivity index (χ4v) is 15.2. The number of carboxylic acid groups (broad SMARTS) is 1. The summed E-state index contributed by atoms with van der Waals surface area (Å²) in [6.45, 7) is 11.5. The van der Waals surface area contributed by atoms with Gasteiger partial charge in [0.2, 0.25) is 6.29 Å². The standard InChI is InChI=1S/C54H86O25/c1-23(44(69)70)24-10-12-53(6)31(51(24,4)11-7-17-55)9-8-25-26-18-50(2,3)13-15-54(26,16-14-52(25,53)5)49(71)79-47-41(68)42(77-45-39(66)36(63)32(59)27(19-56)73-45)35(62)30(76-47)22-72-48-43(38(65)34(61)29(21-58)75-48)78-46-40(67)37(64)33(60)28(20-57)74-46/h8,24,26-43,45-48,55-68H,1,7,9-22H2,2-6H3,(H,69,70)/t24-,26-,27+,28+,29+,30+,31+,32+,33+,34+,35+,36-,37-,38-,39+,40+,41+,42-,43+,45-,46-,47-,48+,51+,52+,53+,54-/m0/s1. The second-order valence-corrected chi connectivity index (χ2v) is 25.1. The van der Waals surface area contributed by atoms with Crippen LogP contribution in [0.4, 0.5) is 0 Å². The lowest BCUT2D eigenvalue weighted by molar-refractivity contribution is -0.377. The van der Waals surface area contributed by atoms with E-state index in [1.54, 1.807) is 0 Å². The van der Waals surface area contributed by atoms with Crippen molar-refractivity contribution in [3.05, 3.63) is 23.8 Å². The highest BCUT2D eigenvalue weighted by molar-refractivity contribution is 5.86. The van der Waals surface area contributed by atoms with Crippen LogP contribution < -0.4 is 0 Å². The Bertz CT molecular complexity index is 2180. The van der Waals surface area contributed by atoms with E-state index < -0.39 is 183 Å². The maximum atomic E-state index is 15.5. The molecule has 7 fully saturated rings. The van der Waals surface area contributed by atoms with E-state index in [2.05, 4.69) is 47.3 Å². The average Bonchev–Trinajstić information content (AvgIpc) is 3.27. The van der Waals surface area contributed by atoms with Crippen LogP contribution in [0.25, 0.3) is 0 Å². The number of carbonyl (C=O) groups excluding carboxylic acids is 1. The van der Waals surface area contributed by atoms with Crippen molar-refractivity contribution in [1.29, 1.82) is 0 Å². The van der Waals surface area contributed by atoms with Crippen LogP contribution in [0.2, 0.25) is 0 Å². The summed E-state index contributed by atoms with van der Waals surface area (Å²) in [5.41, 5.74) is -1.63. The number of ether oxygens (including phenoxy) is 8. The van der Waals surface area contributed by atoms with Gasteiger partial charge in [-0.05, 0) is 104 Å². The number of allylic oxidation sites excluding steroid dienone is 2. The van der Waals surface area contributed by atoms with Gasteiger partial charge >= 0.3 is 11.9 Å². The molecule has 0 amide bonds. The molecule has 25 nitrogen and oxygen atoms in total. The molecule has 8 rings (SSSR count). The summed E-state index contributed by atoms with van der Waals surface area (Å²) in [4.78, 5) is 28.0. The predicted octanol–water partition coefficient (Wildman–Crippen LogP) is -2.80. The third kappa shape index (κ3) is 11.0. The van der Waals surface area contributed by atoms with Gasteiger partial charge in [-0.1, -0.05) is 52.8 Å². The predicted molar refractivity (Wildman–Crippen MR) is 267 cm³/mol. The molecule has 0 unspecified atom stereocenters. The molecule has 79 heavy (non-hydrogen) atoms. The molecule has 8 aliphatic rings. The van der Waals surface area contributed by atoms with Gasteiger partial charge in [0.15, 0.2) is 18.9 Å². The highest BCUT2D eigenvalue weighted by Gasteiger charge is 2.68. The minimum atomic E-state index is -2.09. The number of esters is 1. The zero-order valence-electron chi connectivity index (χ0n) is 45.5. The Balaban J connectivity index is 1.10. The molecule has 0 aromatic carbocycles. The summed E-state index contributed by atoms with van der Waals surface area (Å²) < 4.78 is 47.1. The number of hydrogen-bond acceptors (Lipinski definition) is 24. The number of aliphatic hydroxyl groups excluding tert-OH is 14. The molecule has 0 aromatic heterocycles. The Morgan fingerprint density at radius 3 is 1.71 bits per heavy atom. The molecule has 25 heteroatoms. The van der Waals surface area contributed by atoms with E-state index in [9.17, 15) is 81.4 Å². The molecule has 4 saturated heterocycles. The second kappa shape index (κ2) is 23.9. The maximum Gasteiger partial charge on any atom is 0.331 e. The van der Waals surface area contributed by atoms with E-state index >= 15 is 4.79 Å². The number of rotatable bonds is 17. The Hall–Kier alpha value is -2.42. The quantitative estimate of drug-likeness (QED) is 0.0397. The molecule has 3 saturated carbocycles. The van der Waals surface area contributed by atoms with E-state index in [1.807, 2.05) is 0 Å². The van der Waals surface area contributed by atoms with Crippen LogP contribution in [0.1, 0.15) is 98.8 Å². The lowest BCUT2D eigenvalue weighted by Crippen LogP contribution is -2.66. The van der Waals surface area contributed by atoms with Gasteiger partial charge < -0.3 is 114 Å². The monoisotopic (exact) mass is 1130 g/mol. The minimum Gasteiger partial charge on any atom is -0.478 e. The van der Waals surface area contributed by atoms with E-state index in [4.69, 9.17) is 37.9 Å². The van der Waals surface area contributed by atoms with E-state index in [0.717, 1.165) is 5.57 Å². The number of fused-ring (bicyclic) bond motifs is 5. The van der Waals surface area contributed by atoms with Crippen LogP contribution in [-0.4, -0.2) is 244 Å². The Kier molecular flexibility index (Phi) is 19.0. The van der Waals surface area contributed by atoms with Crippen molar-refractivity contribution < 1.29 is 124 Å². The lowest BCUT2D eigenvalue weighted by atomic mass is 9.35. The van der Waals surface area contributed by atoms with Gasteiger partial charge in [-0.3, -0.25) is 4.79 Å². The van der Waals surface area contributed by atoms with Gasteiger partial charge in [-0.15, -0.1) is 0 Å². The molecular weight excluding hydrogens is 1050 g/mol. The first kappa shape index (κ1) is 62.6. The third-order valence-corrected chi connectivity index (χ3v) is 20.3. The van der Waals surface area contributed by atoms with E-state index in [-0.39, 0.29) is 34.8 Å². The normalized spacial score (nSPS) is 49.8. The van der Waals surface area contributed by atoms with Crippen molar-refractivity contribution >= 4 is 11.9 Å². The first-order valence-corrected chi connectivity index (χ1v) is 27.7. The topological polar surface area (TPSA) is 411 Å². The van der Waals surface area contributed by atoms with Gasteiger partial charge in [0.25, 0.3) is 0 Å². The first-order chi connectivity index (χ1) is 37.1. The van der Waals surface area contributed by atoms with Gasteiger partial charge in [-0.25, -0.2) is 4.79 Å². The van der Waals surface area contributed by atoms with Crippen molar-refractivity contribution in [1.82, 2.24) is 0 Å². The van der Waals surface area contributed by atoms with Crippen LogP contribution in [0.3, 0.4) is 0 Å². The smallest absolute Gasteiger partial charge is 0.331 e. The number of aliphatic carboxylic acids is 1. The number of carbonyl (C=O) groups is 2. The molecule has 0 aromatic rings. The largest absolute Gasteiger partial charge is 0.478 e. The lowest BCUT2D eigenvalue weighted by Gasteiger charge is -2.69. The minimum absolute atomic E-state index is 0.0142. The van der Waals surface area contributed by atoms with Gasteiger partial charge in [-0.2, -0.15) is 0 Å².